The SMILES string of the molecule is Cc1ccc(C(=O)CCC(=O)N2CCCC(C(=O)N3CCOCC3)C2)cc1. The van der Waals surface area contributed by atoms with Crippen LogP contribution in [0.4, 0.5) is 0 Å². The molecule has 6 heteroatoms. The summed E-state index contributed by atoms with van der Waals surface area (Å²) in [6, 6.07) is 7.42. The zero-order valence-electron chi connectivity index (χ0n) is 16.0. The molecule has 27 heavy (non-hydrogen) atoms. The molecule has 0 aromatic heterocycles. The molecule has 3 rings (SSSR count). The van der Waals surface area contributed by atoms with Gasteiger partial charge in [0.05, 0.1) is 19.1 Å². The third-order valence-electron chi connectivity index (χ3n) is 5.39. The van der Waals surface area contributed by atoms with Crippen molar-refractivity contribution >= 4 is 17.6 Å². The van der Waals surface area contributed by atoms with Crippen molar-refractivity contribution in [3.8, 4) is 0 Å². The number of nitrogens with zero attached hydrogens (tertiary/aromatic N) is 2. The van der Waals surface area contributed by atoms with Crippen molar-refractivity contribution in [3.05, 3.63) is 35.4 Å². The van der Waals surface area contributed by atoms with E-state index in [2.05, 4.69) is 0 Å². The van der Waals surface area contributed by atoms with E-state index in [0.717, 1.165) is 18.4 Å². The molecule has 146 valence electrons. The number of hydrogen-bond donors (Lipinski definition) is 0. The highest BCUT2D eigenvalue weighted by Gasteiger charge is 2.31. The zero-order chi connectivity index (χ0) is 19.2. The number of ether oxygens (including phenoxy) is 1. The molecule has 2 aliphatic heterocycles. The topological polar surface area (TPSA) is 66.9 Å². The standard InChI is InChI=1S/C21H28N2O4/c1-16-4-6-17(7-5-16)19(24)8-9-20(25)23-10-2-3-18(15-23)21(26)22-11-13-27-14-12-22/h4-7,18H,2-3,8-15H2,1H3. The number of ketones is 1. The summed E-state index contributed by atoms with van der Waals surface area (Å²) in [7, 11) is 0. The Morgan fingerprint density at radius 1 is 1.00 bits per heavy atom. The fraction of sp³-hybridized carbons (Fsp3) is 0.571. The number of rotatable bonds is 5. The number of carbonyl (C=O) groups is 3. The van der Waals surface area contributed by atoms with Gasteiger partial charge in [0.25, 0.3) is 0 Å². The van der Waals surface area contributed by atoms with Crippen molar-refractivity contribution < 1.29 is 19.1 Å². The van der Waals surface area contributed by atoms with Crippen molar-refractivity contribution in [2.75, 3.05) is 39.4 Å². The van der Waals surface area contributed by atoms with Crippen LogP contribution in [0, 0.1) is 12.8 Å². The summed E-state index contributed by atoms with van der Waals surface area (Å²) in [5.74, 6) is -0.0450. The van der Waals surface area contributed by atoms with Gasteiger partial charge >= 0.3 is 0 Å². The van der Waals surface area contributed by atoms with Crippen LogP contribution >= 0.6 is 0 Å². The number of morpholine rings is 1. The van der Waals surface area contributed by atoms with E-state index >= 15 is 0 Å². The summed E-state index contributed by atoms with van der Waals surface area (Å²) in [6.45, 7) is 5.55. The smallest absolute Gasteiger partial charge is 0.227 e. The van der Waals surface area contributed by atoms with Crippen molar-refractivity contribution in [1.29, 1.82) is 0 Å². The van der Waals surface area contributed by atoms with Gasteiger partial charge in [-0.3, -0.25) is 14.4 Å². The molecule has 0 aliphatic carbocycles. The minimum Gasteiger partial charge on any atom is -0.378 e. The van der Waals surface area contributed by atoms with E-state index in [0.29, 0.717) is 45.0 Å². The molecular formula is C21H28N2O4. The molecule has 6 nitrogen and oxygen atoms in total. The number of carbonyl (C=O) groups excluding carboxylic acids is 3. The maximum Gasteiger partial charge on any atom is 0.227 e. The molecule has 0 radical (unpaired) electrons. The van der Waals surface area contributed by atoms with E-state index in [-0.39, 0.29) is 36.4 Å². The van der Waals surface area contributed by atoms with Crippen molar-refractivity contribution in [1.82, 2.24) is 9.80 Å². The van der Waals surface area contributed by atoms with Gasteiger partial charge in [-0.1, -0.05) is 29.8 Å². The Kier molecular flexibility index (Phi) is 6.61. The highest BCUT2D eigenvalue weighted by Crippen LogP contribution is 2.21. The first kappa shape index (κ1) is 19.5. The van der Waals surface area contributed by atoms with Crippen LogP contribution in [0.25, 0.3) is 0 Å². The quantitative estimate of drug-likeness (QED) is 0.742. The Labute approximate surface area is 160 Å². The molecule has 2 fully saturated rings. The van der Waals surface area contributed by atoms with Gasteiger partial charge in [0.15, 0.2) is 5.78 Å². The van der Waals surface area contributed by atoms with E-state index in [1.165, 1.54) is 0 Å². The molecule has 2 amide bonds. The van der Waals surface area contributed by atoms with Crippen LogP contribution < -0.4 is 0 Å². The fourth-order valence-corrected chi connectivity index (χ4v) is 3.71. The lowest BCUT2D eigenvalue weighted by Crippen LogP contribution is -2.49. The van der Waals surface area contributed by atoms with Crippen LogP contribution in [0.3, 0.4) is 0 Å². The highest BCUT2D eigenvalue weighted by molar-refractivity contribution is 5.98. The van der Waals surface area contributed by atoms with Gasteiger partial charge in [0.1, 0.15) is 0 Å². The molecule has 0 N–H and O–H groups in total. The average molecular weight is 372 g/mol. The van der Waals surface area contributed by atoms with Crippen LogP contribution in [-0.4, -0.2) is 66.8 Å². The molecule has 0 spiro atoms. The summed E-state index contributed by atoms with van der Waals surface area (Å²) in [5.41, 5.74) is 1.75. The Morgan fingerprint density at radius 2 is 1.70 bits per heavy atom. The first-order valence-electron chi connectivity index (χ1n) is 9.79. The first-order chi connectivity index (χ1) is 13.0. The van der Waals surface area contributed by atoms with Crippen molar-refractivity contribution in [2.45, 2.75) is 32.6 Å². The van der Waals surface area contributed by atoms with Gasteiger partial charge in [-0.05, 0) is 19.8 Å². The third kappa shape index (κ3) is 5.16. The molecule has 0 saturated carbocycles. The van der Waals surface area contributed by atoms with Gasteiger partial charge in [-0.2, -0.15) is 0 Å². The molecule has 1 atom stereocenters. The molecule has 2 aliphatic rings. The Bertz CT molecular complexity index is 680. The van der Waals surface area contributed by atoms with Gasteiger partial charge in [0, 0.05) is 44.6 Å². The fourth-order valence-electron chi connectivity index (χ4n) is 3.71. The van der Waals surface area contributed by atoms with Crippen molar-refractivity contribution in [2.24, 2.45) is 5.92 Å². The first-order valence-corrected chi connectivity index (χ1v) is 9.79. The minimum absolute atomic E-state index is 0.0127. The second-order valence-corrected chi connectivity index (χ2v) is 7.41. The zero-order valence-corrected chi connectivity index (χ0v) is 16.0. The largest absolute Gasteiger partial charge is 0.378 e. The van der Waals surface area contributed by atoms with E-state index in [1.54, 1.807) is 17.0 Å². The lowest BCUT2D eigenvalue weighted by Gasteiger charge is -2.36. The predicted molar refractivity (Wildman–Crippen MR) is 101 cm³/mol. The second kappa shape index (κ2) is 9.13. The van der Waals surface area contributed by atoms with E-state index in [1.807, 2.05) is 24.0 Å². The summed E-state index contributed by atoms with van der Waals surface area (Å²) < 4.78 is 5.30. The van der Waals surface area contributed by atoms with Crippen LogP contribution in [0.15, 0.2) is 24.3 Å². The Hall–Kier alpha value is -2.21. The Morgan fingerprint density at radius 3 is 2.41 bits per heavy atom. The number of hydrogen-bond acceptors (Lipinski definition) is 4. The lowest BCUT2D eigenvalue weighted by atomic mass is 9.95. The molecule has 1 unspecified atom stereocenters. The van der Waals surface area contributed by atoms with Gasteiger partial charge in [0.2, 0.25) is 11.8 Å². The molecule has 1 aromatic rings. The number of piperidine rings is 1. The monoisotopic (exact) mass is 372 g/mol. The number of likely N-dealkylation sites (tertiary alicyclic amines) is 1. The molecular weight excluding hydrogens is 344 g/mol. The van der Waals surface area contributed by atoms with Gasteiger partial charge in [-0.15, -0.1) is 0 Å². The number of aryl methyl sites for hydroxylation is 1. The maximum atomic E-state index is 12.7. The maximum absolute atomic E-state index is 12.7. The highest BCUT2D eigenvalue weighted by atomic mass is 16.5. The molecule has 0 bridgehead atoms. The summed E-state index contributed by atoms with van der Waals surface area (Å²) in [4.78, 5) is 41.1. The number of benzene rings is 1. The van der Waals surface area contributed by atoms with Gasteiger partial charge in [-0.25, -0.2) is 0 Å². The van der Waals surface area contributed by atoms with E-state index < -0.39 is 0 Å². The molecule has 1 aromatic carbocycles. The van der Waals surface area contributed by atoms with Crippen LogP contribution in [0.1, 0.15) is 41.6 Å². The number of Topliss-reactive ketones (excluding diaryl/α,β-unsaturated/α-hetero) is 1. The molecule has 2 saturated heterocycles. The van der Waals surface area contributed by atoms with Crippen LogP contribution in [0.5, 0.6) is 0 Å². The van der Waals surface area contributed by atoms with Crippen LogP contribution in [-0.2, 0) is 14.3 Å². The summed E-state index contributed by atoms with van der Waals surface area (Å²) >= 11 is 0. The second-order valence-electron chi connectivity index (χ2n) is 7.41. The number of amides is 2. The van der Waals surface area contributed by atoms with E-state index in [9.17, 15) is 14.4 Å². The van der Waals surface area contributed by atoms with E-state index in [4.69, 9.17) is 4.74 Å². The molecule has 2 heterocycles. The summed E-state index contributed by atoms with van der Waals surface area (Å²) in [6.07, 6.45) is 2.06. The Balaban J connectivity index is 1.49. The third-order valence-corrected chi connectivity index (χ3v) is 5.39. The van der Waals surface area contributed by atoms with Crippen LogP contribution in [0.2, 0.25) is 0 Å². The average Bonchev–Trinajstić information content (AvgIpc) is 2.72. The minimum atomic E-state index is -0.131. The van der Waals surface area contributed by atoms with Crippen molar-refractivity contribution in [3.63, 3.8) is 0 Å². The van der Waals surface area contributed by atoms with Gasteiger partial charge < -0.3 is 14.5 Å². The summed E-state index contributed by atoms with van der Waals surface area (Å²) in [5, 5.41) is 0. The predicted octanol–water partition coefficient (Wildman–Crippen LogP) is 2.06. The normalized spacial score (nSPS) is 20.4. The lowest BCUT2D eigenvalue weighted by molar-refractivity contribution is -0.144.